The Balaban J connectivity index is 3.21. The van der Waals surface area contributed by atoms with E-state index in [1.54, 1.807) is 18.2 Å². The molecule has 0 unspecified atom stereocenters. The topological polar surface area (TPSA) is 82.1 Å². The first kappa shape index (κ1) is 15.6. The van der Waals surface area contributed by atoms with Gasteiger partial charge in [-0.2, -0.15) is 0 Å². The first-order valence-electron chi connectivity index (χ1n) is 5.74. The molecule has 0 saturated carbocycles. The third-order valence-corrected chi connectivity index (χ3v) is 2.50. The van der Waals surface area contributed by atoms with Crippen molar-refractivity contribution in [2.75, 3.05) is 21.3 Å². The van der Waals surface area contributed by atoms with Crippen LogP contribution in [0.3, 0.4) is 0 Å². The SMILES string of the molecule is COC(=O)/C(=C\c1cc(OC)cc(OC)c1)CC(=O)O. The maximum absolute atomic E-state index is 11.5. The standard InChI is InChI=1S/C14H16O6/c1-18-11-5-9(6-12(8-11)19-2)4-10(7-13(15)16)14(17)20-3/h4-6,8H,7H2,1-3H3,(H,15,16)/b10-4-. The highest BCUT2D eigenvalue weighted by atomic mass is 16.5. The molecule has 0 heterocycles. The van der Waals surface area contributed by atoms with Gasteiger partial charge in [-0.25, -0.2) is 4.79 Å². The summed E-state index contributed by atoms with van der Waals surface area (Å²) < 4.78 is 14.8. The van der Waals surface area contributed by atoms with E-state index < -0.39 is 18.4 Å². The lowest BCUT2D eigenvalue weighted by Crippen LogP contribution is -2.09. The molecule has 0 amide bonds. The highest BCUT2D eigenvalue weighted by molar-refractivity contribution is 5.98. The predicted octanol–water partition coefficient (Wildman–Crippen LogP) is 1.73. The van der Waals surface area contributed by atoms with Crippen molar-refractivity contribution >= 4 is 18.0 Å². The molecule has 0 fully saturated rings. The number of hydrogen-bond acceptors (Lipinski definition) is 5. The smallest absolute Gasteiger partial charge is 0.334 e. The maximum atomic E-state index is 11.5. The largest absolute Gasteiger partial charge is 0.497 e. The van der Waals surface area contributed by atoms with Gasteiger partial charge in [0, 0.05) is 11.6 Å². The van der Waals surface area contributed by atoms with E-state index in [0.717, 1.165) is 0 Å². The molecule has 0 radical (unpaired) electrons. The molecule has 6 nitrogen and oxygen atoms in total. The average Bonchev–Trinajstić information content (AvgIpc) is 2.44. The van der Waals surface area contributed by atoms with E-state index >= 15 is 0 Å². The van der Waals surface area contributed by atoms with Crippen molar-refractivity contribution in [3.8, 4) is 11.5 Å². The van der Waals surface area contributed by atoms with Crippen molar-refractivity contribution in [2.45, 2.75) is 6.42 Å². The number of esters is 1. The van der Waals surface area contributed by atoms with Crippen LogP contribution in [0, 0.1) is 0 Å². The van der Waals surface area contributed by atoms with Gasteiger partial charge >= 0.3 is 11.9 Å². The van der Waals surface area contributed by atoms with Gasteiger partial charge in [0.1, 0.15) is 11.5 Å². The van der Waals surface area contributed by atoms with Crippen LogP contribution in [0.15, 0.2) is 23.8 Å². The van der Waals surface area contributed by atoms with Crippen LogP contribution < -0.4 is 9.47 Å². The lowest BCUT2D eigenvalue weighted by molar-refractivity contribution is -0.141. The van der Waals surface area contributed by atoms with Gasteiger partial charge in [-0.05, 0) is 23.8 Å². The van der Waals surface area contributed by atoms with Crippen LogP contribution in [-0.2, 0) is 14.3 Å². The Bertz CT molecular complexity index is 510. The molecule has 0 atom stereocenters. The fraction of sp³-hybridized carbons (Fsp3) is 0.286. The van der Waals surface area contributed by atoms with Gasteiger partial charge in [0.2, 0.25) is 0 Å². The summed E-state index contributed by atoms with van der Waals surface area (Å²) in [5, 5.41) is 8.81. The second-order valence-electron chi connectivity index (χ2n) is 3.88. The van der Waals surface area contributed by atoms with Gasteiger partial charge in [-0.1, -0.05) is 0 Å². The summed E-state index contributed by atoms with van der Waals surface area (Å²) >= 11 is 0. The summed E-state index contributed by atoms with van der Waals surface area (Å²) in [6, 6.07) is 4.99. The number of aliphatic carboxylic acids is 1. The van der Waals surface area contributed by atoms with Crippen LogP contribution in [0.2, 0.25) is 0 Å². The normalized spacial score (nSPS) is 10.8. The van der Waals surface area contributed by atoms with Crippen LogP contribution in [0.1, 0.15) is 12.0 Å². The Hall–Kier alpha value is -2.50. The molecule has 0 aliphatic heterocycles. The molecule has 6 heteroatoms. The molecule has 1 aromatic rings. The Kier molecular flexibility index (Phi) is 5.58. The van der Waals surface area contributed by atoms with Gasteiger partial charge < -0.3 is 19.3 Å². The Morgan fingerprint density at radius 1 is 1.10 bits per heavy atom. The minimum atomic E-state index is -1.11. The summed E-state index contributed by atoms with van der Waals surface area (Å²) in [5.74, 6) is -0.726. The van der Waals surface area contributed by atoms with Crippen LogP contribution >= 0.6 is 0 Å². The first-order chi connectivity index (χ1) is 9.49. The summed E-state index contributed by atoms with van der Waals surface area (Å²) in [5.41, 5.74) is 0.623. The van der Waals surface area contributed by atoms with Crippen molar-refractivity contribution in [3.63, 3.8) is 0 Å². The zero-order chi connectivity index (χ0) is 15.1. The zero-order valence-corrected chi connectivity index (χ0v) is 11.5. The van der Waals surface area contributed by atoms with Gasteiger partial charge in [-0.15, -0.1) is 0 Å². The molecule has 1 rings (SSSR count). The number of carbonyl (C=O) groups is 2. The summed E-state index contributed by atoms with van der Waals surface area (Å²) in [6.45, 7) is 0. The Morgan fingerprint density at radius 3 is 2.05 bits per heavy atom. The minimum Gasteiger partial charge on any atom is -0.497 e. The summed E-state index contributed by atoms with van der Waals surface area (Å²) in [4.78, 5) is 22.3. The third kappa shape index (κ3) is 4.31. The van der Waals surface area contributed by atoms with Crippen LogP contribution in [0.25, 0.3) is 6.08 Å². The molecule has 0 aromatic heterocycles. The number of rotatable bonds is 6. The van der Waals surface area contributed by atoms with Crippen molar-refractivity contribution < 1.29 is 28.9 Å². The molecule has 0 aliphatic carbocycles. The van der Waals surface area contributed by atoms with E-state index in [4.69, 9.17) is 14.6 Å². The molecule has 0 bridgehead atoms. The van der Waals surface area contributed by atoms with Gasteiger partial charge in [-0.3, -0.25) is 4.79 Å². The summed E-state index contributed by atoms with van der Waals surface area (Å²) in [7, 11) is 4.20. The lowest BCUT2D eigenvalue weighted by Gasteiger charge is -2.07. The van der Waals surface area contributed by atoms with E-state index in [9.17, 15) is 9.59 Å². The van der Waals surface area contributed by atoms with Crippen molar-refractivity contribution in [2.24, 2.45) is 0 Å². The fourth-order valence-electron chi connectivity index (χ4n) is 1.59. The molecule has 1 N–H and O–H groups in total. The number of hydrogen-bond donors (Lipinski definition) is 1. The second-order valence-corrected chi connectivity index (χ2v) is 3.88. The highest BCUT2D eigenvalue weighted by Gasteiger charge is 2.14. The molecule has 1 aromatic carbocycles. The predicted molar refractivity (Wildman–Crippen MR) is 71.8 cm³/mol. The maximum Gasteiger partial charge on any atom is 0.334 e. The van der Waals surface area contributed by atoms with Gasteiger partial charge in [0.15, 0.2) is 0 Å². The van der Waals surface area contributed by atoms with Crippen molar-refractivity contribution in [3.05, 3.63) is 29.3 Å². The van der Waals surface area contributed by atoms with Crippen LogP contribution in [0.4, 0.5) is 0 Å². The zero-order valence-electron chi connectivity index (χ0n) is 11.5. The molecular weight excluding hydrogens is 264 g/mol. The van der Waals surface area contributed by atoms with Crippen LogP contribution in [0.5, 0.6) is 11.5 Å². The number of ether oxygens (including phenoxy) is 3. The van der Waals surface area contributed by atoms with Gasteiger partial charge in [0.25, 0.3) is 0 Å². The van der Waals surface area contributed by atoms with E-state index in [2.05, 4.69) is 4.74 Å². The minimum absolute atomic E-state index is 0.0373. The Morgan fingerprint density at radius 2 is 1.65 bits per heavy atom. The summed E-state index contributed by atoms with van der Waals surface area (Å²) in [6.07, 6.45) is 1.01. The first-order valence-corrected chi connectivity index (χ1v) is 5.74. The van der Waals surface area contributed by atoms with E-state index in [0.29, 0.717) is 17.1 Å². The lowest BCUT2D eigenvalue weighted by atomic mass is 10.1. The second kappa shape index (κ2) is 7.18. The molecule has 0 aliphatic rings. The quantitative estimate of drug-likeness (QED) is 0.631. The highest BCUT2D eigenvalue weighted by Crippen LogP contribution is 2.24. The molecule has 108 valence electrons. The van der Waals surface area contributed by atoms with E-state index in [1.807, 2.05) is 0 Å². The van der Waals surface area contributed by atoms with Gasteiger partial charge in [0.05, 0.1) is 27.8 Å². The van der Waals surface area contributed by atoms with E-state index in [-0.39, 0.29) is 5.57 Å². The van der Waals surface area contributed by atoms with E-state index in [1.165, 1.54) is 27.4 Å². The fourth-order valence-corrected chi connectivity index (χ4v) is 1.59. The number of methoxy groups -OCH3 is 3. The molecule has 20 heavy (non-hydrogen) atoms. The van der Waals surface area contributed by atoms with Crippen molar-refractivity contribution in [1.29, 1.82) is 0 Å². The number of carbonyl (C=O) groups excluding carboxylic acids is 1. The molecule has 0 spiro atoms. The number of benzene rings is 1. The number of carboxylic acid groups (broad SMARTS) is 1. The monoisotopic (exact) mass is 280 g/mol. The van der Waals surface area contributed by atoms with Crippen LogP contribution in [-0.4, -0.2) is 38.4 Å². The average molecular weight is 280 g/mol. The third-order valence-electron chi connectivity index (χ3n) is 2.50. The molecular formula is C14H16O6. The number of carboxylic acids is 1. The Labute approximate surface area is 116 Å². The van der Waals surface area contributed by atoms with Crippen molar-refractivity contribution in [1.82, 2.24) is 0 Å². The molecule has 0 saturated heterocycles.